The summed E-state index contributed by atoms with van der Waals surface area (Å²) < 4.78 is 0. The Balaban J connectivity index is 2.96. The fraction of sp³-hybridized carbons (Fsp3) is 0.571. The molecule has 4 atom stereocenters. The molecule has 228 valence electrons. The molecule has 9 N–H and O–H groups in total. The fourth-order valence-electron chi connectivity index (χ4n) is 4.04. The monoisotopic (exact) mass is 575 g/mol. The summed E-state index contributed by atoms with van der Waals surface area (Å²) in [5.41, 5.74) is 6.10. The molecule has 0 aliphatic carbocycles. The molecule has 1 aromatic carbocycles. The summed E-state index contributed by atoms with van der Waals surface area (Å²) in [6.45, 7) is 7.68. The van der Waals surface area contributed by atoms with Gasteiger partial charge in [-0.05, 0) is 30.7 Å². The predicted octanol–water partition coefficient (Wildman–Crippen LogP) is -0.675. The van der Waals surface area contributed by atoms with Crippen molar-refractivity contribution in [1.29, 1.82) is 5.41 Å². The number of hydrogen-bond acceptors (Lipinski definition) is 7. The lowest BCUT2D eigenvalue weighted by Gasteiger charge is -2.27. The summed E-state index contributed by atoms with van der Waals surface area (Å²) in [6, 6.07) is 4.88. The molecule has 4 amide bonds. The van der Waals surface area contributed by atoms with Crippen molar-refractivity contribution in [2.24, 2.45) is 17.6 Å². The summed E-state index contributed by atoms with van der Waals surface area (Å²) in [5.74, 6) is -3.67. The maximum Gasteiger partial charge on any atom is 0.245 e. The Hall–Kier alpha value is -4.00. The lowest BCUT2D eigenvalue weighted by Crippen LogP contribution is -2.60. The maximum atomic E-state index is 13.2. The Bertz CT molecular complexity index is 1050. The molecule has 13 heteroatoms. The van der Waals surface area contributed by atoms with Crippen LogP contribution in [0.25, 0.3) is 0 Å². The van der Waals surface area contributed by atoms with Crippen molar-refractivity contribution in [2.45, 2.75) is 78.0 Å². The van der Waals surface area contributed by atoms with Gasteiger partial charge in [-0.1, -0.05) is 58.0 Å². The Morgan fingerprint density at radius 2 is 1.44 bits per heavy atom. The van der Waals surface area contributed by atoms with E-state index in [2.05, 4.69) is 26.6 Å². The number of rotatable bonds is 17. The largest absolute Gasteiger partial charge is 0.394 e. The molecule has 0 fully saturated rings. The van der Waals surface area contributed by atoms with Crippen molar-refractivity contribution in [1.82, 2.24) is 26.6 Å². The number of aliphatic hydroxyl groups excluding tert-OH is 1. The maximum absolute atomic E-state index is 13.2. The standard InChI is InChI=1S/C28H45N7O6/c1-16(2)23(35-25(39)20(32-18(5)37)12-9-13-31-28(29)30)27(41)34-22(15-36)26(40)33-21(24(38)17(3)4)14-19-10-7-6-8-11-19/h6-8,10-11,16-17,20-23,36H,9,12-15H2,1-5H3,(H,32,37)(H,33,40)(H,34,41)(H,35,39)(H4,29,30,31)/t20-,21-,22-,23-/m0/s1. The van der Waals surface area contributed by atoms with Crippen LogP contribution < -0.4 is 32.3 Å². The van der Waals surface area contributed by atoms with Gasteiger partial charge in [0.2, 0.25) is 23.6 Å². The van der Waals surface area contributed by atoms with Gasteiger partial charge >= 0.3 is 0 Å². The Kier molecular flexibility index (Phi) is 15.1. The molecule has 0 spiro atoms. The summed E-state index contributed by atoms with van der Waals surface area (Å²) in [7, 11) is 0. The van der Waals surface area contributed by atoms with Crippen LogP contribution in [0.2, 0.25) is 0 Å². The Morgan fingerprint density at radius 1 is 0.854 bits per heavy atom. The van der Waals surface area contributed by atoms with Gasteiger partial charge in [-0.3, -0.25) is 29.4 Å². The van der Waals surface area contributed by atoms with Crippen LogP contribution in [0.4, 0.5) is 0 Å². The number of amides is 4. The normalized spacial score (nSPS) is 13.9. The summed E-state index contributed by atoms with van der Waals surface area (Å²) in [5, 5.41) is 30.1. The summed E-state index contributed by atoms with van der Waals surface area (Å²) in [6.07, 6.45) is 0.863. The van der Waals surface area contributed by atoms with Gasteiger partial charge in [-0.2, -0.15) is 0 Å². The molecule has 0 saturated carbocycles. The van der Waals surface area contributed by atoms with Crippen molar-refractivity contribution in [3.05, 3.63) is 35.9 Å². The van der Waals surface area contributed by atoms with E-state index in [9.17, 15) is 29.1 Å². The number of nitrogens with two attached hydrogens (primary N) is 1. The summed E-state index contributed by atoms with van der Waals surface area (Å²) >= 11 is 0. The van der Waals surface area contributed by atoms with E-state index in [1.54, 1.807) is 27.7 Å². The number of hydrogen-bond donors (Lipinski definition) is 8. The first-order valence-corrected chi connectivity index (χ1v) is 13.7. The van der Waals surface area contributed by atoms with E-state index in [0.717, 1.165) is 5.56 Å². The van der Waals surface area contributed by atoms with Crippen LogP contribution in [0.5, 0.6) is 0 Å². The zero-order valence-electron chi connectivity index (χ0n) is 24.5. The first kappa shape index (κ1) is 35.0. The van der Waals surface area contributed by atoms with E-state index in [-0.39, 0.29) is 30.5 Å². The minimum Gasteiger partial charge on any atom is -0.394 e. The van der Waals surface area contributed by atoms with Gasteiger partial charge in [0.1, 0.15) is 18.1 Å². The van der Waals surface area contributed by atoms with Crippen LogP contribution in [0.1, 0.15) is 53.0 Å². The van der Waals surface area contributed by atoms with E-state index >= 15 is 0 Å². The van der Waals surface area contributed by atoms with E-state index < -0.39 is 60.3 Å². The lowest BCUT2D eigenvalue weighted by atomic mass is 9.95. The molecule has 0 heterocycles. The zero-order valence-corrected chi connectivity index (χ0v) is 24.5. The lowest BCUT2D eigenvalue weighted by molar-refractivity contribution is -0.135. The van der Waals surface area contributed by atoms with Crippen molar-refractivity contribution in [3.8, 4) is 0 Å². The molecular weight excluding hydrogens is 530 g/mol. The van der Waals surface area contributed by atoms with Gasteiger partial charge in [0, 0.05) is 19.4 Å². The quantitative estimate of drug-likeness (QED) is 0.0675. The molecule has 41 heavy (non-hydrogen) atoms. The van der Waals surface area contributed by atoms with Gasteiger partial charge in [-0.15, -0.1) is 0 Å². The van der Waals surface area contributed by atoms with Crippen molar-refractivity contribution in [3.63, 3.8) is 0 Å². The highest BCUT2D eigenvalue weighted by Gasteiger charge is 2.32. The number of nitrogens with one attached hydrogen (secondary N) is 6. The molecule has 0 aliphatic heterocycles. The first-order chi connectivity index (χ1) is 19.3. The van der Waals surface area contributed by atoms with Crippen LogP contribution >= 0.6 is 0 Å². The molecule has 13 nitrogen and oxygen atoms in total. The number of carbonyl (C=O) groups excluding carboxylic acids is 5. The second-order valence-electron chi connectivity index (χ2n) is 10.5. The smallest absolute Gasteiger partial charge is 0.245 e. The van der Waals surface area contributed by atoms with Crippen molar-refractivity contribution >= 4 is 35.4 Å². The van der Waals surface area contributed by atoms with E-state index in [1.807, 2.05) is 30.3 Å². The second-order valence-corrected chi connectivity index (χ2v) is 10.5. The first-order valence-electron chi connectivity index (χ1n) is 13.7. The number of Topliss-reactive ketones (excluding diaryl/α,β-unsaturated/α-hetero) is 1. The Morgan fingerprint density at radius 3 is 1.95 bits per heavy atom. The number of carbonyl (C=O) groups is 5. The number of guanidine groups is 1. The number of aliphatic hydroxyl groups is 1. The van der Waals surface area contributed by atoms with Gasteiger partial charge in [0.25, 0.3) is 0 Å². The second kappa shape index (κ2) is 17.6. The molecule has 0 aliphatic rings. The van der Waals surface area contributed by atoms with Crippen LogP contribution in [0.3, 0.4) is 0 Å². The minimum atomic E-state index is -1.37. The van der Waals surface area contributed by atoms with Gasteiger partial charge in [-0.25, -0.2) is 0 Å². The van der Waals surface area contributed by atoms with Gasteiger partial charge in [0.15, 0.2) is 11.7 Å². The third-order valence-corrected chi connectivity index (χ3v) is 6.25. The van der Waals surface area contributed by atoms with Crippen molar-refractivity contribution in [2.75, 3.05) is 13.2 Å². The molecule has 0 saturated heterocycles. The average molecular weight is 576 g/mol. The molecule has 0 bridgehead atoms. The van der Waals surface area contributed by atoms with Crippen molar-refractivity contribution < 1.29 is 29.1 Å². The van der Waals surface area contributed by atoms with E-state index in [4.69, 9.17) is 11.1 Å². The highest BCUT2D eigenvalue weighted by molar-refractivity contribution is 5.96. The molecule has 1 rings (SSSR count). The molecular formula is C28H45N7O6. The number of ketones is 1. The number of benzene rings is 1. The third-order valence-electron chi connectivity index (χ3n) is 6.25. The van der Waals surface area contributed by atoms with Gasteiger partial charge in [0.05, 0.1) is 12.6 Å². The Labute approximate surface area is 241 Å². The topological polar surface area (TPSA) is 216 Å². The molecule has 1 aromatic rings. The minimum absolute atomic E-state index is 0.194. The molecule has 0 unspecified atom stereocenters. The highest BCUT2D eigenvalue weighted by Crippen LogP contribution is 2.10. The molecule has 0 aromatic heterocycles. The predicted molar refractivity (Wildman–Crippen MR) is 154 cm³/mol. The molecule has 0 radical (unpaired) electrons. The van der Waals surface area contributed by atoms with Crippen LogP contribution in [0, 0.1) is 17.2 Å². The van der Waals surface area contributed by atoms with Crippen LogP contribution in [0.15, 0.2) is 30.3 Å². The highest BCUT2D eigenvalue weighted by atomic mass is 16.3. The van der Waals surface area contributed by atoms with Gasteiger partial charge < -0.3 is 37.4 Å². The SMILES string of the molecule is CC(=O)N[C@@H](CCCNC(=N)N)C(=O)N[C@H](C(=O)N[C@@H](CO)C(=O)N[C@@H](Cc1ccccc1)C(=O)C(C)C)C(C)C. The van der Waals surface area contributed by atoms with E-state index in [1.165, 1.54) is 6.92 Å². The van der Waals surface area contributed by atoms with Crippen LogP contribution in [-0.2, 0) is 30.4 Å². The zero-order chi connectivity index (χ0) is 31.1. The van der Waals surface area contributed by atoms with E-state index in [0.29, 0.717) is 13.0 Å². The van der Waals surface area contributed by atoms with Crippen LogP contribution in [-0.4, -0.2) is 77.8 Å². The summed E-state index contributed by atoms with van der Waals surface area (Å²) in [4.78, 5) is 63.8. The third kappa shape index (κ3) is 12.8. The average Bonchev–Trinajstić information content (AvgIpc) is 2.90. The fourth-order valence-corrected chi connectivity index (χ4v) is 4.04.